The standard InChI is InChI=1S/C27H20N4O3.Ni/c32-26(24-12-6-7-15-29-24)31-23-11-5-4-10-21(23)25(20-8-2-1-3-9-20)30-18-22(27(33)34)19-13-16-28-17-14-19;/h1-18H,(H,31,32)(H,33,34);/q;+2/p-2/b22-18-,30-25?;. The second-order valence-electron chi connectivity index (χ2n) is 7.06. The number of nitrogens with zero attached hydrogens (tertiary/aromatic N) is 4. The number of carboxylic acids is 1. The molecule has 0 N–H and O–H groups in total. The number of para-hydroxylation sites is 1. The number of aliphatic imine (C=N–C) groups is 2. The summed E-state index contributed by atoms with van der Waals surface area (Å²) >= 11 is 0. The summed E-state index contributed by atoms with van der Waals surface area (Å²) in [6, 6.07) is 24.4. The number of aromatic nitrogens is 2. The Bertz CT molecular complexity index is 1370. The van der Waals surface area contributed by atoms with Gasteiger partial charge in [0, 0.05) is 47.4 Å². The Morgan fingerprint density at radius 2 is 1.46 bits per heavy atom. The van der Waals surface area contributed by atoms with Gasteiger partial charge in [0.15, 0.2) is 0 Å². The molecule has 7 nitrogen and oxygen atoms in total. The van der Waals surface area contributed by atoms with E-state index in [2.05, 4.69) is 20.0 Å². The molecule has 0 saturated heterocycles. The summed E-state index contributed by atoms with van der Waals surface area (Å²) in [7, 11) is 0. The Balaban J connectivity index is 0.00000342. The van der Waals surface area contributed by atoms with Crippen LogP contribution in [-0.2, 0) is 21.3 Å². The molecular formula is C27H18N4NiO3. The minimum Gasteiger partial charge on any atom is -0.857 e. The smallest absolute Gasteiger partial charge is 0.857 e. The van der Waals surface area contributed by atoms with Crippen LogP contribution >= 0.6 is 0 Å². The van der Waals surface area contributed by atoms with Crippen LogP contribution in [0.2, 0.25) is 0 Å². The predicted molar refractivity (Wildman–Crippen MR) is 126 cm³/mol. The van der Waals surface area contributed by atoms with Gasteiger partial charge in [0.2, 0.25) is 0 Å². The molecule has 0 aliphatic heterocycles. The normalized spacial score (nSPS) is 12.1. The molecule has 0 radical (unpaired) electrons. The molecule has 2 aromatic heterocycles. The second-order valence-corrected chi connectivity index (χ2v) is 7.06. The summed E-state index contributed by atoms with van der Waals surface area (Å²) in [5.41, 5.74) is 2.63. The fourth-order valence-corrected chi connectivity index (χ4v) is 3.23. The summed E-state index contributed by atoms with van der Waals surface area (Å²) in [6.45, 7) is 0. The van der Waals surface area contributed by atoms with Gasteiger partial charge in [0.1, 0.15) is 0 Å². The van der Waals surface area contributed by atoms with Crippen molar-refractivity contribution in [3.05, 3.63) is 132 Å². The van der Waals surface area contributed by atoms with Crippen molar-refractivity contribution in [2.24, 2.45) is 9.98 Å². The first-order valence-electron chi connectivity index (χ1n) is 10.3. The largest absolute Gasteiger partial charge is 2.00 e. The van der Waals surface area contributed by atoms with E-state index in [4.69, 9.17) is 0 Å². The van der Waals surface area contributed by atoms with Crippen LogP contribution in [0.5, 0.6) is 0 Å². The second kappa shape index (κ2) is 12.2. The molecule has 0 bridgehead atoms. The van der Waals surface area contributed by atoms with Crippen molar-refractivity contribution in [2.45, 2.75) is 0 Å². The minimum atomic E-state index is -1.37. The van der Waals surface area contributed by atoms with Crippen LogP contribution in [0.15, 0.2) is 120 Å². The number of rotatable bonds is 7. The van der Waals surface area contributed by atoms with E-state index >= 15 is 0 Å². The van der Waals surface area contributed by atoms with E-state index in [0.717, 1.165) is 5.56 Å². The molecule has 4 rings (SSSR count). The Hall–Kier alpha value is -4.42. The zero-order valence-corrected chi connectivity index (χ0v) is 19.2. The molecule has 0 unspecified atom stereocenters. The Morgan fingerprint density at radius 3 is 2.14 bits per heavy atom. The molecule has 0 fully saturated rings. The van der Waals surface area contributed by atoms with Gasteiger partial charge in [0.05, 0.1) is 23.1 Å². The summed E-state index contributed by atoms with van der Waals surface area (Å²) in [5, 5.41) is 24.5. The van der Waals surface area contributed by atoms with E-state index < -0.39 is 11.9 Å². The van der Waals surface area contributed by atoms with Crippen LogP contribution in [0, 0.1) is 0 Å². The minimum absolute atomic E-state index is 0. The average Bonchev–Trinajstić information content (AvgIpc) is 2.88. The molecule has 0 aliphatic rings. The van der Waals surface area contributed by atoms with Gasteiger partial charge in [-0.2, -0.15) is 0 Å². The van der Waals surface area contributed by atoms with Gasteiger partial charge in [-0.15, -0.1) is 0 Å². The molecule has 2 aromatic carbocycles. The van der Waals surface area contributed by atoms with Crippen molar-refractivity contribution in [1.29, 1.82) is 0 Å². The Morgan fingerprint density at radius 1 is 0.771 bits per heavy atom. The molecular weight excluding hydrogens is 487 g/mol. The van der Waals surface area contributed by atoms with Crippen LogP contribution in [0.1, 0.15) is 22.4 Å². The summed E-state index contributed by atoms with van der Waals surface area (Å²) in [4.78, 5) is 28.6. The zero-order valence-electron chi connectivity index (χ0n) is 18.2. The molecule has 0 aliphatic carbocycles. The number of hydrogen-bond acceptors (Lipinski definition) is 7. The SMILES string of the molecule is O=C([O-])/C(=C\N=C(c1ccccc1)c1ccccc1N=C([O-])c1ccccn1)c1ccncc1.[Ni+2]. The fraction of sp³-hybridized carbons (Fsp3) is 0. The number of carboxylic acid groups (broad SMARTS) is 1. The number of hydrogen-bond donors (Lipinski definition) is 0. The van der Waals surface area contributed by atoms with Gasteiger partial charge in [-0.05, 0) is 35.9 Å². The van der Waals surface area contributed by atoms with Crippen LogP contribution < -0.4 is 10.2 Å². The van der Waals surface area contributed by atoms with Crippen molar-refractivity contribution < 1.29 is 31.5 Å². The van der Waals surface area contributed by atoms with Crippen molar-refractivity contribution in [2.75, 3.05) is 0 Å². The maximum Gasteiger partial charge on any atom is 2.00 e. The van der Waals surface area contributed by atoms with Crippen LogP contribution in [-0.4, -0.2) is 27.5 Å². The number of benzene rings is 2. The van der Waals surface area contributed by atoms with Crippen LogP contribution in [0.4, 0.5) is 5.69 Å². The van der Waals surface area contributed by atoms with Gasteiger partial charge in [-0.3, -0.25) is 20.0 Å². The summed E-state index contributed by atoms with van der Waals surface area (Å²) in [5.74, 6) is -1.87. The number of carbonyl (C=O) groups is 1. The van der Waals surface area contributed by atoms with Crippen molar-refractivity contribution in [3.8, 4) is 0 Å². The molecule has 0 saturated carbocycles. The average molecular weight is 505 g/mol. The number of aliphatic carboxylic acids is 1. The van der Waals surface area contributed by atoms with E-state index in [-0.39, 0.29) is 27.8 Å². The van der Waals surface area contributed by atoms with Crippen LogP contribution in [0.3, 0.4) is 0 Å². The van der Waals surface area contributed by atoms with Gasteiger partial charge in [-0.25, -0.2) is 0 Å². The molecule has 4 aromatic rings. The van der Waals surface area contributed by atoms with Gasteiger partial charge in [0.25, 0.3) is 0 Å². The maximum absolute atomic E-state index is 12.7. The van der Waals surface area contributed by atoms with Crippen molar-refractivity contribution in [3.63, 3.8) is 0 Å². The fourth-order valence-electron chi connectivity index (χ4n) is 3.23. The van der Waals surface area contributed by atoms with Crippen molar-refractivity contribution in [1.82, 2.24) is 9.97 Å². The Kier molecular flexibility index (Phi) is 8.76. The van der Waals surface area contributed by atoms with Gasteiger partial charge in [-0.1, -0.05) is 54.6 Å². The first-order valence-corrected chi connectivity index (χ1v) is 10.3. The van der Waals surface area contributed by atoms with Gasteiger partial charge >= 0.3 is 16.5 Å². The third kappa shape index (κ3) is 6.34. The molecule has 8 heteroatoms. The first-order chi connectivity index (χ1) is 16.6. The molecule has 0 amide bonds. The van der Waals surface area contributed by atoms with E-state index in [9.17, 15) is 15.0 Å². The first kappa shape index (κ1) is 25.2. The topological polar surface area (TPSA) is 114 Å². The Labute approximate surface area is 212 Å². The molecule has 0 spiro atoms. The molecule has 35 heavy (non-hydrogen) atoms. The van der Waals surface area contributed by atoms with Crippen LogP contribution in [0.25, 0.3) is 5.57 Å². The summed E-state index contributed by atoms with van der Waals surface area (Å²) in [6.07, 6.45) is 5.75. The molecule has 174 valence electrons. The maximum atomic E-state index is 12.7. The monoisotopic (exact) mass is 504 g/mol. The van der Waals surface area contributed by atoms with E-state index in [1.807, 2.05) is 30.3 Å². The van der Waals surface area contributed by atoms with E-state index in [1.165, 1.54) is 24.8 Å². The number of pyridine rings is 2. The molecule has 2 heterocycles. The third-order valence-corrected chi connectivity index (χ3v) is 4.85. The van der Waals surface area contributed by atoms with E-state index in [1.54, 1.807) is 54.6 Å². The predicted octanol–water partition coefficient (Wildman–Crippen LogP) is 2.54. The van der Waals surface area contributed by atoms with Gasteiger partial charge < -0.3 is 15.0 Å². The summed E-state index contributed by atoms with van der Waals surface area (Å²) < 4.78 is 0. The zero-order chi connectivity index (χ0) is 23.8. The number of carbonyl (C=O) groups excluding carboxylic acids is 1. The molecule has 0 atom stereocenters. The third-order valence-electron chi connectivity index (χ3n) is 4.85. The quantitative estimate of drug-likeness (QED) is 0.166. The van der Waals surface area contributed by atoms with Crippen molar-refractivity contribution >= 4 is 28.8 Å². The van der Waals surface area contributed by atoms with E-state index in [0.29, 0.717) is 22.5 Å².